The molecule has 1 amide bonds. The summed E-state index contributed by atoms with van der Waals surface area (Å²) < 4.78 is 34.5. The normalized spacial score (nSPS) is 13.8. The molecule has 0 aliphatic heterocycles. The fraction of sp³-hybridized carbons (Fsp3) is 0.185. The van der Waals surface area contributed by atoms with Crippen LogP contribution in [0.3, 0.4) is 0 Å². The average molecular weight is 540 g/mol. The van der Waals surface area contributed by atoms with Gasteiger partial charge in [-0.2, -0.15) is 14.4 Å². The lowest BCUT2D eigenvalue weighted by atomic mass is 10.2. The third kappa shape index (κ3) is 5.74. The maximum atomic E-state index is 13.3. The van der Waals surface area contributed by atoms with Gasteiger partial charge in [0.25, 0.3) is 0 Å². The summed E-state index contributed by atoms with van der Waals surface area (Å²) in [6.07, 6.45) is 3.52. The largest absolute Gasteiger partial charge is 0.486 e. The summed E-state index contributed by atoms with van der Waals surface area (Å²) in [5, 5.41) is 8.50. The zero-order valence-corrected chi connectivity index (χ0v) is 21.6. The van der Waals surface area contributed by atoms with Gasteiger partial charge in [-0.1, -0.05) is 24.2 Å². The quantitative estimate of drug-likeness (QED) is 0.226. The molecule has 1 heterocycles. The predicted octanol–water partition coefficient (Wildman–Crippen LogP) is 6.02. The van der Waals surface area contributed by atoms with E-state index in [1.54, 1.807) is 47.3 Å². The van der Waals surface area contributed by atoms with Gasteiger partial charge in [-0.25, -0.2) is 9.07 Å². The summed E-state index contributed by atoms with van der Waals surface area (Å²) in [6.45, 7) is 5.93. The molecule has 3 N–H and O–H groups in total. The van der Waals surface area contributed by atoms with Gasteiger partial charge in [0.2, 0.25) is 10.8 Å². The number of fused-ring (bicyclic) bond motifs is 1. The van der Waals surface area contributed by atoms with Crippen molar-refractivity contribution < 1.29 is 18.5 Å². The number of nitrogens with one attached hydrogen (secondary N) is 2. The average Bonchev–Trinajstić information content (AvgIpc) is 3.65. The van der Waals surface area contributed by atoms with E-state index >= 15 is 0 Å². The maximum absolute atomic E-state index is 13.3. The Morgan fingerprint density at radius 1 is 1.24 bits per heavy atom. The highest BCUT2D eigenvalue weighted by Gasteiger charge is 2.30. The topological polar surface area (TPSA) is 88.4 Å². The molecule has 0 radical (unpaired) electrons. The number of carbonyl (C=O) groups is 1. The van der Waals surface area contributed by atoms with Crippen molar-refractivity contribution >= 4 is 45.5 Å². The zero-order chi connectivity index (χ0) is 26.1. The number of aromatic nitrogens is 2. The van der Waals surface area contributed by atoms with Crippen LogP contribution in [0.2, 0.25) is 5.02 Å². The van der Waals surface area contributed by atoms with E-state index in [4.69, 9.17) is 16.3 Å². The van der Waals surface area contributed by atoms with Crippen molar-refractivity contribution in [3.8, 4) is 11.4 Å². The molecule has 5 rings (SSSR count). The Bertz CT molecular complexity index is 1490. The first-order chi connectivity index (χ1) is 17.8. The first-order valence-corrected chi connectivity index (χ1v) is 13.2. The summed E-state index contributed by atoms with van der Waals surface area (Å²) in [5.74, 6) is 0.223. The van der Waals surface area contributed by atoms with Crippen molar-refractivity contribution in [3.05, 3.63) is 89.5 Å². The van der Waals surface area contributed by atoms with Crippen molar-refractivity contribution in [1.29, 1.82) is 0 Å². The van der Waals surface area contributed by atoms with Gasteiger partial charge in [-0.3, -0.25) is 4.79 Å². The fourth-order valence-corrected chi connectivity index (χ4v) is 4.84. The fourth-order valence-electron chi connectivity index (χ4n) is 3.75. The molecule has 0 spiro atoms. The SMILES string of the molecule is C=C(COc1cc2cnn(-c3ccc(F)cc3)c2cc1Cl)N[S+](O)c1ccc(C)c(NC(=O)C2CC2)c1. The summed E-state index contributed by atoms with van der Waals surface area (Å²) >= 11 is 5.12. The second kappa shape index (κ2) is 10.5. The molecule has 4 aromatic rings. The van der Waals surface area contributed by atoms with Crippen LogP contribution in [0, 0.1) is 18.7 Å². The van der Waals surface area contributed by atoms with Gasteiger partial charge >= 0.3 is 11.4 Å². The lowest BCUT2D eigenvalue weighted by Crippen LogP contribution is -2.26. The highest BCUT2D eigenvalue weighted by molar-refractivity contribution is 7.89. The molecule has 0 saturated heterocycles. The first-order valence-electron chi connectivity index (χ1n) is 11.6. The van der Waals surface area contributed by atoms with E-state index < -0.39 is 11.4 Å². The van der Waals surface area contributed by atoms with E-state index in [1.807, 2.05) is 13.0 Å². The van der Waals surface area contributed by atoms with Crippen molar-refractivity contribution in [2.24, 2.45) is 5.92 Å². The summed E-state index contributed by atoms with van der Waals surface area (Å²) in [7, 11) is 0. The number of rotatable bonds is 9. The lowest BCUT2D eigenvalue weighted by molar-refractivity contribution is -0.117. The van der Waals surface area contributed by atoms with E-state index in [-0.39, 0.29) is 24.2 Å². The predicted molar refractivity (Wildman–Crippen MR) is 145 cm³/mol. The standard InChI is InChI=1S/C27H24ClFN4O3S/c1-16-3-10-22(12-24(16)31-27(34)18-4-5-18)37(35)32-17(2)15-36-26-11-19-14-30-33(25(19)13-23(26)28)21-8-6-20(29)7-9-21/h3,6-14,18,32,35H,2,4-5,15H2,1H3/p+1. The molecule has 0 bridgehead atoms. The van der Waals surface area contributed by atoms with Gasteiger partial charge in [0, 0.05) is 23.1 Å². The summed E-state index contributed by atoms with van der Waals surface area (Å²) in [6, 6.07) is 15.0. The van der Waals surface area contributed by atoms with Crippen molar-refractivity contribution in [3.63, 3.8) is 0 Å². The highest BCUT2D eigenvalue weighted by atomic mass is 35.5. The van der Waals surface area contributed by atoms with Gasteiger partial charge in [0.05, 0.1) is 28.1 Å². The molecule has 1 aliphatic rings. The molecule has 1 saturated carbocycles. The molecule has 37 heavy (non-hydrogen) atoms. The van der Waals surface area contributed by atoms with Crippen LogP contribution in [0.1, 0.15) is 18.4 Å². The highest BCUT2D eigenvalue weighted by Crippen LogP contribution is 2.32. The van der Waals surface area contributed by atoms with E-state index in [0.29, 0.717) is 32.7 Å². The number of ether oxygens (including phenoxy) is 1. The number of hydrogen-bond donors (Lipinski definition) is 3. The molecule has 1 aliphatic carbocycles. The third-order valence-corrected chi connectivity index (χ3v) is 7.45. The van der Waals surface area contributed by atoms with Crippen LogP contribution in [0.15, 0.2) is 78.0 Å². The van der Waals surface area contributed by atoms with Crippen molar-refractivity contribution in [2.45, 2.75) is 24.7 Å². The number of halogens is 2. The molecule has 10 heteroatoms. The van der Waals surface area contributed by atoms with E-state index in [1.165, 1.54) is 12.1 Å². The van der Waals surface area contributed by atoms with Gasteiger partial charge in [0.15, 0.2) is 0 Å². The van der Waals surface area contributed by atoms with Crippen molar-refractivity contribution in [1.82, 2.24) is 14.5 Å². The van der Waals surface area contributed by atoms with Crippen LogP contribution in [0.4, 0.5) is 10.1 Å². The smallest absolute Gasteiger partial charge is 0.303 e. The maximum Gasteiger partial charge on any atom is 0.303 e. The number of aryl methyl sites for hydroxylation is 1. The van der Waals surface area contributed by atoms with Crippen LogP contribution >= 0.6 is 11.6 Å². The Morgan fingerprint density at radius 2 is 2.00 bits per heavy atom. The Labute approximate surface area is 221 Å². The zero-order valence-electron chi connectivity index (χ0n) is 20.0. The molecule has 1 unspecified atom stereocenters. The number of hydrogen-bond acceptors (Lipinski definition) is 5. The Morgan fingerprint density at radius 3 is 2.73 bits per heavy atom. The van der Waals surface area contributed by atoms with Crippen LogP contribution in [0.25, 0.3) is 16.6 Å². The second-order valence-corrected chi connectivity index (χ2v) is 10.5. The second-order valence-electron chi connectivity index (χ2n) is 8.89. The Kier molecular flexibility index (Phi) is 7.10. The molecular weight excluding hydrogens is 515 g/mol. The number of nitrogens with zero attached hydrogens (tertiary/aromatic N) is 2. The number of anilines is 1. The van der Waals surface area contributed by atoms with Crippen LogP contribution in [-0.2, 0) is 16.2 Å². The van der Waals surface area contributed by atoms with Gasteiger partial charge in [-0.05, 0) is 67.8 Å². The molecular formula is C27H25ClFN4O3S+. The number of benzene rings is 3. The molecule has 1 atom stereocenters. The van der Waals surface area contributed by atoms with Crippen LogP contribution in [-0.4, -0.2) is 26.8 Å². The molecule has 1 fully saturated rings. The van der Waals surface area contributed by atoms with E-state index in [0.717, 1.165) is 29.3 Å². The van der Waals surface area contributed by atoms with E-state index in [9.17, 15) is 13.7 Å². The molecule has 190 valence electrons. The molecule has 1 aromatic heterocycles. The molecule has 7 nitrogen and oxygen atoms in total. The number of amides is 1. The molecule has 3 aromatic carbocycles. The Balaban J connectivity index is 1.23. The summed E-state index contributed by atoms with van der Waals surface area (Å²) in [4.78, 5) is 12.8. The van der Waals surface area contributed by atoms with Crippen molar-refractivity contribution in [2.75, 3.05) is 11.9 Å². The lowest BCUT2D eigenvalue weighted by Gasteiger charge is -2.12. The van der Waals surface area contributed by atoms with Gasteiger partial charge in [-0.15, -0.1) is 0 Å². The Hall–Kier alpha value is -3.53. The summed E-state index contributed by atoms with van der Waals surface area (Å²) in [5.41, 5.74) is 3.52. The minimum atomic E-state index is -1.35. The number of carbonyl (C=O) groups excluding carboxylic acids is 1. The third-order valence-electron chi connectivity index (χ3n) is 5.97. The van der Waals surface area contributed by atoms with Crippen LogP contribution < -0.4 is 14.8 Å². The first kappa shape index (κ1) is 25.1. The monoisotopic (exact) mass is 539 g/mol. The van der Waals surface area contributed by atoms with Gasteiger partial charge < -0.3 is 10.1 Å². The minimum absolute atomic E-state index is 0.0147. The minimum Gasteiger partial charge on any atom is -0.486 e. The van der Waals surface area contributed by atoms with Gasteiger partial charge in [0.1, 0.15) is 18.2 Å². The van der Waals surface area contributed by atoms with Crippen LogP contribution in [0.5, 0.6) is 5.75 Å². The van der Waals surface area contributed by atoms with E-state index in [2.05, 4.69) is 21.7 Å².